The van der Waals surface area contributed by atoms with E-state index in [9.17, 15) is 4.79 Å². The van der Waals surface area contributed by atoms with Crippen molar-refractivity contribution in [1.82, 2.24) is 0 Å². The Balaban J connectivity index is 3.10. The van der Waals surface area contributed by atoms with E-state index in [2.05, 4.69) is 10.1 Å². The minimum atomic E-state index is -0.371. The zero-order chi connectivity index (χ0) is 11.3. The molecule has 0 aliphatic heterocycles. The van der Waals surface area contributed by atoms with Gasteiger partial charge in [-0.1, -0.05) is 0 Å². The Morgan fingerprint density at radius 3 is 2.67 bits per heavy atom. The minimum absolute atomic E-state index is 0.371. The van der Waals surface area contributed by atoms with Crippen LogP contribution in [0, 0.1) is 0 Å². The minimum Gasteiger partial charge on any atom is -0.497 e. The quantitative estimate of drug-likeness (QED) is 0.769. The van der Waals surface area contributed by atoms with Crippen LogP contribution in [0.5, 0.6) is 5.75 Å². The van der Waals surface area contributed by atoms with E-state index in [1.165, 1.54) is 7.11 Å². The molecule has 0 atom stereocenters. The van der Waals surface area contributed by atoms with Crippen LogP contribution in [0.3, 0.4) is 0 Å². The van der Waals surface area contributed by atoms with Gasteiger partial charge in [0, 0.05) is 12.2 Å². The predicted molar refractivity (Wildman–Crippen MR) is 58.5 cm³/mol. The van der Waals surface area contributed by atoms with Gasteiger partial charge in [0.25, 0.3) is 0 Å². The first-order valence-corrected chi connectivity index (χ1v) is 4.73. The molecule has 1 N–H and O–H groups in total. The van der Waals surface area contributed by atoms with Crippen molar-refractivity contribution in [3.05, 3.63) is 23.8 Å². The maximum absolute atomic E-state index is 11.5. The Morgan fingerprint density at radius 1 is 1.40 bits per heavy atom. The smallest absolute Gasteiger partial charge is 0.340 e. The van der Waals surface area contributed by atoms with Crippen LogP contribution in [0.4, 0.5) is 5.69 Å². The lowest BCUT2D eigenvalue weighted by Crippen LogP contribution is -2.08. The molecule has 4 heteroatoms. The van der Waals surface area contributed by atoms with Gasteiger partial charge >= 0.3 is 5.97 Å². The third-order valence-electron chi connectivity index (χ3n) is 2.00. The molecule has 0 unspecified atom stereocenters. The number of anilines is 1. The third kappa shape index (κ3) is 2.62. The first-order chi connectivity index (χ1) is 7.22. The molecule has 0 saturated heterocycles. The van der Waals surface area contributed by atoms with Gasteiger partial charge in [0.2, 0.25) is 0 Å². The van der Waals surface area contributed by atoms with E-state index in [-0.39, 0.29) is 5.97 Å². The Labute approximate surface area is 89.2 Å². The van der Waals surface area contributed by atoms with E-state index in [0.29, 0.717) is 11.3 Å². The molecule has 0 spiro atoms. The summed E-state index contributed by atoms with van der Waals surface area (Å²) in [6.45, 7) is 2.71. The highest BCUT2D eigenvalue weighted by atomic mass is 16.5. The van der Waals surface area contributed by atoms with Crippen LogP contribution in [-0.2, 0) is 4.74 Å². The molecule has 1 rings (SSSR count). The first kappa shape index (κ1) is 11.4. The van der Waals surface area contributed by atoms with Gasteiger partial charge in [0.1, 0.15) is 5.75 Å². The van der Waals surface area contributed by atoms with Crippen LogP contribution in [0.2, 0.25) is 0 Å². The summed E-state index contributed by atoms with van der Waals surface area (Å²) in [5.74, 6) is 0.266. The van der Waals surface area contributed by atoms with Crippen LogP contribution < -0.4 is 10.1 Å². The maximum Gasteiger partial charge on any atom is 0.340 e. The normalized spacial score (nSPS) is 9.53. The Bertz CT molecular complexity index is 350. The molecule has 0 heterocycles. The van der Waals surface area contributed by atoms with Gasteiger partial charge in [0.15, 0.2) is 0 Å². The van der Waals surface area contributed by atoms with Crippen molar-refractivity contribution in [2.45, 2.75) is 6.92 Å². The number of esters is 1. The van der Waals surface area contributed by atoms with Crippen LogP contribution in [0.1, 0.15) is 17.3 Å². The van der Waals surface area contributed by atoms with Crippen molar-refractivity contribution < 1.29 is 14.3 Å². The number of methoxy groups -OCH3 is 2. The number of carbonyl (C=O) groups is 1. The molecule has 0 aliphatic carbocycles. The Kier molecular flexibility index (Phi) is 3.97. The highest BCUT2D eigenvalue weighted by molar-refractivity contribution is 5.96. The highest BCUT2D eigenvalue weighted by Crippen LogP contribution is 2.22. The summed E-state index contributed by atoms with van der Waals surface area (Å²) in [6.07, 6.45) is 0. The standard InChI is InChI=1S/C11H15NO3/c1-4-12-10-6-5-8(14-2)7-9(10)11(13)15-3/h5-7,12H,4H2,1-3H3. The fourth-order valence-corrected chi connectivity index (χ4v) is 1.27. The lowest BCUT2D eigenvalue weighted by molar-refractivity contribution is 0.0601. The van der Waals surface area contributed by atoms with Crippen LogP contribution >= 0.6 is 0 Å². The molecule has 0 bridgehead atoms. The summed E-state index contributed by atoms with van der Waals surface area (Å²) in [7, 11) is 2.92. The number of ether oxygens (including phenoxy) is 2. The summed E-state index contributed by atoms with van der Waals surface area (Å²) in [4.78, 5) is 11.5. The largest absolute Gasteiger partial charge is 0.497 e. The molecule has 4 nitrogen and oxygen atoms in total. The molecule has 0 amide bonds. The summed E-state index contributed by atoms with van der Waals surface area (Å²) in [6, 6.07) is 5.25. The summed E-state index contributed by atoms with van der Waals surface area (Å²) >= 11 is 0. The fourth-order valence-electron chi connectivity index (χ4n) is 1.27. The zero-order valence-corrected chi connectivity index (χ0v) is 9.16. The highest BCUT2D eigenvalue weighted by Gasteiger charge is 2.12. The Hall–Kier alpha value is -1.71. The second kappa shape index (κ2) is 5.24. The zero-order valence-electron chi connectivity index (χ0n) is 9.16. The number of rotatable bonds is 4. The van der Waals surface area contributed by atoms with Gasteiger partial charge < -0.3 is 14.8 Å². The maximum atomic E-state index is 11.5. The van der Waals surface area contributed by atoms with Crippen molar-refractivity contribution in [3.63, 3.8) is 0 Å². The molecule has 0 aliphatic rings. The topological polar surface area (TPSA) is 47.6 Å². The SMILES string of the molecule is CCNc1ccc(OC)cc1C(=O)OC. The van der Waals surface area contributed by atoms with Gasteiger partial charge in [-0.05, 0) is 25.1 Å². The van der Waals surface area contributed by atoms with E-state index in [1.54, 1.807) is 25.3 Å². The van der Waals surface area contributed by atoms with Gasteiger partial charge in [-0.2, -0.15) is 0 Å². The van der Waals surface area contributed by atoms with Crippen LogP contribution in [0.15, 0.2) is 18.2 Å². The molecule has 82 valence electrons. The summed E-state index contributed by atoms with van der Waals surface area (Å²) in [5, 5.41) is 3.09. The Morgan fingerprint density at radius 2 is 2.13 bits per heavy atom. The number of carbonyl (C=O) groups excluding carboxylic acids is 1. The number of benzene rings is 1. The molecule has 1 aromatic carbocycles. The van der Waals surface area contributed by atoms with Gasteiger partial charge in [-0.3, -0.25) is 0 Å². The van der Waals surface area contributed by atoms with E-state index in [4.69, 9.17) is 4.74 Å². The predicted octanol–water partition coefficient (Wildman–Crippen LogP) is 1.91. The summed E-state index contributed by atoms with van der Waals surface area (Å²) in [5.41, 5.74) is 1.24. The van der Waals surface area contributed by atoms with Crippen molar-refractivity contribution in [2.75, 3.05) is 26.1 Å². The lowest BCUT2D eigenvalue weighted by atomic mass is 10.1. The van der Waals surface area contributed by atoms with Crippen LogP contribution in [0.25, 0.3) is 0 Å². The van der Waals surface area contributed by atoms with Crippen molar-refractivity contribution in [1.29, 1.82) is 0 Å². The third-order valence-corrected chi connectivity index (χ3v) is 2.00. The van der Waals surface area contributed by atoms with Crippen molar-refractivity contribution in [3.8, 4) is 5.75 Å². The van der Waals surface area contributed by atoms with Crippen LogP contribution in [-0.4, -0.2) is 26.7 Å². The van der Waals surface area contributed by atoms with Crippen molar-refractivity contribution >= 4 is 11.7 Å². The summed E-state index contributed by atoms with van der Waals surface area (Å²) < 4.78 is 9.74. The molecular weight excluding hydrogens is 194 g/mol. The van der Waals surface area contributed by atoms with E-state index in [1.807, 2.05) is 6.92 Å². The van der Waals surface area contributed by atoms with E-state index < -0.39 is 0 Å². The number of hydrogen-bond donors (Lipinski definition) is 1. The second-order valence-corrected chi connectivity index (χ2v) is 2.93. The average Bonchev–Trinajstić information content (AvgIpc) is 2.29. The van der Waals surface area contributed by atoms with Gasteiger partial charge in [0.05, 0.1) is 19.8 Å². The first-order valence-electron chi connectivity index (χ1n) is 4.73. The molecule has 1 aromatic rings. The molecule has 0 saturated carbocycles. The van der Waals surface area contributed by atoms with E-state index in [0.717, 1.165) is 12.2 Å². The molecule has 0 fully saturated rings. The van der Waals surface area contributed by atoms with Gasteiger partial charge in [-0.25, -0.2) is 4.79 Å². The lowest BCUT2D eigenvalue weighted by Gasteiger charge is -2.10. The fraction of sp³-hybridized carbons (Fsp3) is 0.364. The van der Waals surface area contributed by atoms with Crippen molar-refractivity contribution in [2.24, 2.45) is 0 Å². The number of nitrogens with one attached hydrogen (secondary N) is 1. The van der Waals surface area contributed by atoms with E-state index >= 15 is 0 Å². The van der Waals surface area contributed by atoms with Gasteiger partial charge in [-0.15, -0.1) is 0 Å². The monoisotopic (exact) mass is 209 g/mol. The molecular formula is C11H15NO3. The second-order valence-electron chi connectivity index (χ2n) is 2.93. The molecule has 0 aromatic heterocycles. The average molecular weight is 209 g/mol. The number of hydrogen-bond acceptors (Lipinski definition) is 4. The molecule has 0 radical (unpaired) electrons. The molecule has 15 heavy (non-hydrogen) atoms.